The number of benzene rings is 1. The molecule has 0 saturated carbocycles. The lowest BCUT2D eigenvalue weighted by Gasteiger charge is -2.44. The second-order valence-corrected chi connectivity index (χ2v) is 6.44. The lowest BCUT2D eigenvalue weighted by molar-refractivity contribution is 0.0441. The molecule has 2 bridgehead atoms. The van der Waals surface area contributed by atoms with Gasteiger partial charge in [-0.25, -0.2) is 0 Å². The summed E-state index contributed by atoms with van der Waals surface area (Å²) in [6, 6.07) is 9.82. The van der Waals surface area contributed by atoms with E-state index in [9.17, 15) is 4.79 Å². The van der Waals surface area contributed by atoms with Gasteiger partial charge < -0.3 is 4.90 Å². The monoisotopic (exact) mass is 280 g/mol. The smallest absolute Gasteiger partial charge is 0.163 e. The molecule has 0 unspecified atom stereocenters. The van der Waals surface area contributed by atoms with Crippen LogP contribution in [0.15, 0.2) is 36.5 Å². The highest BCUT2D eigenvalue weighted by Crippen LogP contribution is 2.35. The SMILES string of the molecule is O=C(C[C@H]1CN2CCC1CC2)c1ccc2ncccc2c1. The number of aromatic nitrogens is 1. The highest BCUT2D eigenvalue weighted by atomic mass is 16.1. The number of pyridine rings is 1. The first-order chi connectivity index (χ1) is 10.3. The maximum Gasteiger partial charge on any atom is 0.163 e. The van der Waals surface area contributed by atoms with E-state index in [1.54, 1.807) is 6.20 Å². The Kier molecular flexibility index (Phi) is 3.23. The highest BCUT2D eigenvalue weighted by molar-refractivity contribution is 5.99. The minimum atomic E-state index is 0.291. The summed E-state index contributed by atoms with van der Waals surface area (Å²) in [4.78, 5) is 19.4. The Balaban J connectivity index is 1.53. The van der Waals surface area contributed by atoms with Crippen molar-refractivity contribution in [2.45, 2.75) is 19.3 Å². The first-order valence-electron chi connectivity index (χ1n) is 7.90. The Morgan fingerprint density at radius 2 is 2.10 bits per heavy atom. The summed E-state index contributed by atoms with van der Waals surface area (Å²) in [5.41, 5.74) is 1.80. The molecule has 0 amide bonds. The van der Waals surface area contributed by atoms with Crippen molar-refractivity contribution in [2.75, 3.05) is 19.6 Å². The summed E-state index contributed by atoms with van der Waals surface area (Å²) in [7, 11) is 0. The quantitative estimate of drug-likeness (QED) is 0.810. The molecule has 1 aromatic heterocycles. The van der Waals surface area contributed by atoms with Crippen molar-refractivity contribution < 1.29 is 4.79 Å². The highest BCUT2D eigenvalue weighted by Gasteiger charge is 2.35. The van der Waals surface area contributed by atoms with Gasteiger partial charge in [-0.1, -0.05) is 6.07 Å². The first kappa shape index (κ1) is 13.0. The van der Waals surface area contributed by atoms with Crippen molar-refractivity contribution in [1.29, 1.82) is 0 Å². The molecular formula is C18H20N2O. The molecule has 3 heteroatoms. The van der Waals surface area contributed by atoms with Crippen LogP contribution in [0.5, 0.6) is 0 Å². The van der Waals surface area contributed by atoms with E-state index in [1.165, 1.54) is 25.9 Å². The third-order valence-corrected chi connectivity index (χ3v) is 5.16. The molecule has 108 valence electrons. The third-order valence-electron chi connectivity index (χ3n) is 5.16. The number of rotatable bonds is 3. The molecule has 0 N–H and O–H groups in total. The van der Waals surface area contributed by atoms with Crippen LogP contribution in [0.4, 0.5) is 0 Å². The molecule has 0 spiro atoms. The number of carbonyl (C=O) groups excluding carboxylic acids is 1. The predicted molar refractivity (Wildman–Crippen MR) is 83.3 cm³/mol. The number of carbonyl (C=O) groups is 1. The first-order valence-corrected chi connectivity index (χ1v) is 7.90. The van der Waals surface area contributed by atoms with Gasteiger partial charge in [-0.05, 0) is 62.0 Å². The van der Waals surface area contributed by atoms with Gasteiger partial charge in [0, 0.05) is 30.1 Å². The van der Waals surface area contributed by atoms with Gasteiger partial charge in [-0.3, -0.25) is 9.78 Å². The van der Waals surface area contributed by atoms with E-state index in [0.717, 1.165) is 28.9 Å². The molecule has 1 aromatic carbocycles. The zero-order chi connectivity index (χ0) is 14.2. The molecule has 0 aliphatic carbocycles. The average Bonchev–Trinajstić information content (AvgIpc) is 2.55. The number of nitrogens with zero attached hydrogens (tertiary/aromatic N) is 2. The molecule has 4 heterocycles. The molecule has 0 radical (unpaired) electrons. The van der Waals surface area contributed by atoms with E-state index in [0.29, 0.717) is 18.1 Å². The predicted octanol–water partition coefficient (Wildman–Crippen LogP) is 3.15. The molecule has 5 rings (SSSR count). The largest absolute Gasteiger partial charge is 0.303 e. The van der Waals surface area contributed by atoms with Crippen molar-refractivity contribution in [2.24, 2.45) is 11.8 Å². The fourth-order valence-corrected chi connectivity index (χ4v) is 3.92. The fraction of sp³-hybridized carbons (Fsp3) is 0.444. The normalized spacial score (nSPS) is 27.9. The Hall–Kier alpha value is -1.74. The lowest BCUT2D eigenvalue weighted by Crippen LogP contribution is -2.47. The molecule has 2 aromatic rings. The van der Waals surface area contributed by atoms with Crippen LogP contribution in [0.3, 0.4) is 0 Å². The molecule has 3 aliphatic rings. The van der Waals surface area contributed by atoms with Crippen molar-refractivity contribution in [1.82, 2.24) is 9.88 Å². The number of Topliss-reactive ketones (excluding diaryl/α,β-unsaturated/α-hetero) is 1. The lowest BCUT2D eigenvalue weighted by atomic mass is 9.76. The van der Waals surface area contributed by atoms with E-state index in [1.807, 2.05) is 30.3 Å². The number of ketones is 1. The number of fused-ring (bicyclic) bond motifs is 4. The van der Waals surface area contributed by atoms with E-state index < -0.39 is 0 Å². The standard InChI is InChI=1S/C18H20N2O/c21-18(11-16-12-20-8-5-13(16)6-9-20)15-3-4-17-14(10-15)2-1-7-19-17/h1-4,7,10,13,16H,5-6,8-9,11-12H2/t16-/m0/s1. The van der Waals surface area contributed by atoms with Crippen LogP contribution in [0, 0.1) is 11.8 Å². The van der Waals surface area contributed by atoms with Crippen LogP contribution in [0.25, 0.3) is 10.9 Å². The van der Waals surface area contributed by atoms with Gasteiger partial charge >= 0.3 is 0 Å². The topological polar surface area (TPSA) is 33.2 Å². The second kappa shape index (κ2) is 5.23. The van der Waals surface area contributed by atoms with E-state index in [2.05, 4.69) is 9.88 Å². The van der Waals surface area contributed by atoms with E-state index in [-0.39, 0.29) is 0 Å². The summed E-state index contributed by atoms with van der Waals surface area (Å²) in [5, 5.41) is 1.05. The van der Waals surface area contributed by atoms with Gasteiger partial charge in [-0.2, -0.15) is 0 Å². The van der Waals surface area contributed by atoms with Gasteiger partial charge in [0.25, 0.3) is 0 Å². The fourth-order valence-electron chi connectivity index (χ4n) is 3.92. The van der Waals surface area contributed by atoms with Crippen LogP contribution in [-0.4, -0.2) is 35.3 Å². The Morgan fingerprint density at radius 3 is 2.86 bits per heavy atom. The Morgan fingerprint density at radius 1 is 1.24 bits per heavy atom. The van der Waals surface area contributed by atoms with Gasteiger partial charge in [0.1, 0.15) is 0 Å². The van der Waals surface area contributed by atoms with Crippen LogP contribution in [0.1, 0.15) is 29.6 Å². The maximum absolute atomic E-state index is 12.6. The van der Waals surface area contributed by atoms with Gasteiger partial charge in [-0.15, -0.1) is 0 Å². The van der Waals surface area contributed by atoms with Crippen LogP contribution in [0.2, 0.25) is 0 Å². The summed E-state index contributed by atoms with van der Waals surface area (Å²) in [6.07, 6.45) is 5.04. The summed E-state index contributed by atoms with van der Waals surface area (Å²) in [5.74, 6) is 1.62. The van der Waals surface area contributed by atoms with Crippen LogP contribution < -0.4 is 0 Å². The number of hydrogen-bond acceptors (Lipinski definition) is 3. The van der Waals surface area contributed by atoms with Crippen molar-refractivity contribution in [3.63, 3.8) is 0 Å². The minimum Gasteiger partial charge on any atom is -0.303 e. The molecule has 3 saturated heterocycles. The summed E-state index contributed by atoms with van der Waals surface area (Å²) in [6.45, 7) is 3.58. The Labute approximate surface area is 125 Å². The summed E-state index contributed by atoms with van der Waals surface area (Å²) >= 11 is 0. The van der Waals surface area contributed by atoms with Crippen molar-refractivity contribution in [3.05, 3.63) is 42.1 Å². The molecule has 3 aliphatic heterocycles. The second-order valence-electron chi connectivity index (χ2n) is 6.44. The average molecular weight is 280 g/mol. The molecule has 21 heavy (non-hydrogen) atoms. The van der Waals surface area contributed by atoms with Gasteiger partial charge in [0.15, 0.2) is 5.78 Å². The van der Waals surface area contributed by atoms with Crippen LogP contribution in [-0.2, 0) is 0 Å². The number of hydrogen-bond donors (Lipinski definition) is 0. The van der Waals surface area contributed by atoms with Crippen LogP contribution >= 0.6 is 0 Å². The zero-order valence-corrected chi connectivity index (χ0v) is 12.2. The van der Waals surface area contributed by atoms with E-state index >= 15 is 0 Å². The van der Waals surface area contributed by atoms with Gasteiger partial charge in [0.2, 0.25) is 0 Å². The maximum atomic E-state index is 12.6. The van der Waals surface area contributed by atoms with Gasteiger partial charge in [0.05, 0.1) is 5.52 Å². The zero-order valence-electron chi connectivity index (χ0n) is 12.2. The molecular weight excluding hydrogens is 260 g/mol. The minimum absolute atomic E-state index is 0.291. The van der Waals surface area contributed by atoms with Crippen molar-refractivity contribution in [3.8, 4) is 0 Å². The third kappa shape index (κ3) is 2.46. The van der Waals surface area contributed by atoms with E-state index in [4.69, 9.17) is 0 Å². The summed E-state index contributed by atoms with van der Waals surface area (Å²) < 4.78 is 0. The molecule has 1 atom stereocenters. The molecule has 3 fully saturated rings. The van der Waals surface area contributed by atoms with Crippen molar-refractivity contribution >= 4 is 16.7 Å². The Bertz CT molecular complexity index is 674. The molecule has 3 nitrogen and oxygen atoms in total. The number of piperidine rings is 3.